The minimum Gasteiger partial charge on any atom is -0.484 e. The second-order valence-corrected chi connectivity index (χ2v) is 8.01. The van der Waals surface area contributed by atoms with Crippen molar-refractivity contribution in [3.05, 3.63) is 58.6 Å². The van der Waals surface area contributed by atoms with Gasteiger partial charge in [-0.25, -0.2) is 0 Å². The van der Waals surface area contributed by atoms with Crippen LogP contribution in [0, 0.1) is 6.92 Å². The molecule has 0 saturated carbocycles. The van der Waals surface area contributed by atoms with Gasteiger partial charge in [0.1, 0.15) is 11.8 Å². The molecule has 0 aromatic heterocycles. The number of primary amides is 1. The third kappa shape index (κ3) is 5.85. The first-order valence-electron chi connectivity index (χ1n) is 9.92. The summed E-state index contributed by atoms with van der Waals surface area (Å²) in [5.74, 6) is -1.21. The zero-order chi connectivity index (χ0) is 23.5. The lowest BCUT2D eigenvalue weighted by molar-refractivity contribution is -0.153. The number of aryl methyl sites for hydroxylation is 1. The molecule has 6 nitrogen and oxygen atoms in total. The minimum absolute atomic E-state index is 0.127. The Morgan fingerprint density at radius 2 is 1.91 bits per heavy atom. The summed E-state index contributed by atoms with van der Waals surface area (Å²) >= 11 is 5.88. The number of para-hydroxylation sites is 1. The maximum absolute atomic E-state index is 13.0. The van der Waals surface area contributed by atoms with E-state index in [1.807, 2.05) is 36.1 Å². The summed E-state index contributed by atoms with van der Waals surface area (Å²) in [6, 6.07) is 11.0. The van der Waals surface area contributed by atoms with E-state index in [4.69, 9.17) is 22.1 Å². The Hall–Kier alpha value is -2.94. The van der Waals surface area contributed by atoms with Crippen LogP contribution in [0.15, 0.2) is 42.5 Å². The average molecular weight is 470 g/mol. The summed E-state index contributed by atoms with van der Waals surface area (Å²) in [5.41, 5.74) is 7.81. The molecule has 1 heterocycles. The number of amides is 2. The van der Waals surface area contributed by atoms with E-state index < -0.39 is 30.6 Å². The van der Waals surface area contributed by atoms with Crippen LogP contribution in [0.4, 0.5) is 18.9 Å². The van der Waals surface area contributed by atoms with Crippen LogP contribution in [0.1, 0.15) is 11.1 Å². The molecule has 172 valence electrons. The molecule has 32 heavy (non-hydrogen) atoms. The number of ether oxygens (including phenoxy) is 1. The van der Waals surface area contributed by atoms with Crippen LogP contribution in [0.2, 0.25) is 5.02 Å². The van der Waals surface area contributed by atoms with E-state index in [0.29, 0.717) is 6.54 Å². The highest BCUT2D eigenvalue weighted by atomic mass is 35.5. The summed E-state index contributed by atoms with van der Waals surface area (Å²) < 4.78 is 42.6. The summed E-state index contributed by atoms with van der Waals surface area (Å²) in [6.45, 7) is 1.40. The zero-order valence-corrected chi connectivity index (χ0v) is 18.1. The number of piperazine rings is 1. The molecule has 0 spiro atoms. The molecule has 0 aliphatic carbocycles. The molecule has 1 unspecified atom stereocenters. The number of carbonyl (C=O) groups is 2. The molecular formula is C22H23ClF3N3O3. The number of alkyl halides is 3. The number of hydrogen-bond acceptors (Lipinski definition) is 4. The maximum Gasteiger partial charge on any atom is 0.422 e. The first-order valence-corrected chi connectivity index (χ1v) is 10.3. The predicted octanol–water partition coefficient (Wildman–Crippen LogP) is 3.33. The van der Waals surface area contributed by atoms with E-state index in [1.54, 1.807) is 0 Å². The lowest BCUT2D eigenvalue weighted by Gasteiger charge is -2.41. The van der Waals surface area contributed by atoms with Crippen molar-refractivity contribution in [3.8, 4) is 5.75 Å². The minimum atomic E-state index is -4.54. The number of halogens is 4. The molecule has 3 rings (SSSR count). The van der Waals surface area contributed by atoms with Crippen molar-refractivity contribution in [1.82, 2.24) is 4.90 Å². The Kier molecular flexibility index (Phi) is 7.18. The first kappa shape index (κ1) is 23.7. The van der Waals surface area contributed by atoms with Gasteiger partial charge in [-0.15, -0.1) is 0 Å². The van der Waals surface area contributed by atoms with Gasteiger partial charge in [-0.3, -0.25) is 9.59 Å². The molecule has 2 aromatic carbocycles. The van der Waals surface area contributed by atoms with Crippen molar-refractivity contribution in [1.29, 1.82) is 0 Å². The molecule has 0 radical (unpaired) electrons. The molecule has 1 saturated heterocycles. The van der Waals surface area contributed by atoms with E-state index in [0.717, 1.165) is 11.3 Å². The van der Waals surface area contributed by atoms with Crippen molar-refractivity contribution in [2.24, 2.45) is 5.73 Å². The molecule has 1 aliphatic rings. The number of rotatable bonds is 6. The smallest absolute Gasteiger partial charge is 0.422 e. The van der Waals surface area contributed by atoms with Crippen molar-refractivity contribution < 1.29 is 27.5 Å². The van der Waals surface area contributed by atoms with Gasteiger partial charge in [0.05, 0.1) is 6.42 Å². The second-order valence-electron chi connectivity index (χ2n) is 7.57. The SMILES string of the molecule is Cc1ccccc1N1CCN(C(=O)Cc2ccc(Cl)cc2OCC(F)(F)F)C(C(N)=O)C1. The van der Waals surface area contributed by atoms with Crippen LogP contribution in [-0.2, 0) is 16.0 Å². The number of nitrogens with two attached hydrogens (primary N) is 1. The fraction of sp³-hybridized carbons (Fsp3) is 0.364. The number of benzene rings is 2. The van der Waals surface area contributed by atoms with E-state index >= 15 is 0 Å². The van der Waals surface area contributed by atoms with Crippen LogP contribution in [0.3, 0.4) is 0 Å². The first-order chi connectivity index (χ1) is 15.0. The Bertz CT molecular complexity index is 1000. The van der Waals surface area contributed by atoms with Crippen molar-refractivity contribution in [3.63, 3.8) is 0 Å². The highest BCUT2D eigenvalue weighted by molar-refractivity contribution is 6.30. The number of anilines is 1. The average Bonchev–Trinajstić information content (AvgIpc) is 2.73. The van der Waals surface area contributed by atoms with Gasteiger partial charge in [-0.2, -0.15) is 13.2 Å². The molecule has 1 aliphatic heterocycles. The molecular weight excluding hydrogens is 447 g/mol. The van der Waals surface area contributed by atoms with Gasteiger partial charge in [0.2, 0.25) is 11.8 Å². The molecule has 0 bridgehead atoms. The summed E-state index contributed by atoms with van der Waals surface area (Å²) in [6.07, 6.45) is -4.79. The van der Waals surface area contributed by atoms with Crippen molar-refractivity contribution in [2.45, 2.75) is 25.6 Å². The quantitative estimate of drug-likeness (QED) is 0.704. The number of nitrogens with zero attached hydrogens (tertiary/aromatic N) is 2. The third-order valence-electron chi connectivity index (χ3n) is 5.25. The van der Waals surface area contributed by atoms with Crippen LogP contribution in [0.25, 0.3) is 0 Å². The summed E-state index contributed by atoms with van der Waals surface area (Å²) in [5, 5.41) is 0.181. The van der Waals surface area contributed by atoms with Gasteiger partial charge in [-0.1, -0.05) is 35.9 Å². The molecule has 2 amide bonds. The van der Waals surface area contributed by atoms with Gasteiger partial charge in [0.15, 0.2) is 6.61 Å². The van der Waals surface area contributed by atoms with Gasteiger partial charge >= 0.3 is 6.18 Å². The monoisotopic (exact) mass is 469 g/mol. The molecule has 2 aromatic rings. The standard InChI is InChI=1S/C22H23ClF3N3O3/c1-14-4-2-3-5-17(14)28-8-9-29(18(12-28)21(27)31)20(30)10-15-6-7-16(23)11-19(15)32-13-22(24,25)26/h2-7,11,18H,8-10,12-13H2,1H3,(H2,27,31). The number of hydrogen-bond donors (Lipinski definition) is 1. The van der Waals surface area contributed by atoms with Gasteiger partial charge < -0.3 is 20.3 Å². The van der Waals surface area contributed by atoms with Crippen LogP contribution >= 0.6 is 11.6 Å². The van der Waals surface area contributed by atoms with E-state index in [-0.39, 0.29) is 35.8 Å². The highest BCUT2D eigenvalue weighted by Gasteiger charge is 2.35. The normalized spacial score (nSPS) is 16.7. The summed E-state index contributed by atoms with van der Waals surface area (Å²) in [7, 11) is 0. The Labute approximate surface area is 188 Å². The van der Waals surface area contributed by atoms with E-state index in [9.17, 15) is 22.8 Å². The van der Waals surface area contributed by atoms with Crippen LogP contribution in [0.5, 0.6) is 5.75 Å². The molecule has 1 atom stereocenters. The lowest BCUT2D eigenvalue weighted by Crippen LogP contribution is -2.60. The van der Waals surface area contributed by atoms with Crippen LogP contribution < -0.4 is 15.4 Å². The van der Waals surface area contributed by atoms with Crippen LogP contribution in [-0.4, -0.2) is 55.2 Å². The van der Waals surface area contributed by atoms with Gasteiger partial charge in [0, 0.05) is 35.9 Å². The zero-order valence-electron chi connectivity index (χ0n) is 17.4. The van der Waals surface area contributed by atoms with Gasteiger partial charge in [0.25, 0.3) is 0 Å². The predicted molar refractivity (Wildman–Crippen MR) is 115 cm³/mol. The van der Waals surface area contributed by atoms with Crippen molar-refractivity contribution >= 4 is 29.1 Å². The second kappa shape index (κ2) is 9.68. The van der Waals surface area contributed by atoms with E-state index in [2.05, 4.69) is 0 Å². The Morgan fingerprint density at radius 1 is 1.19 bits per heavy atom. The molecule has 10 heteroatoms. The largest absolute Gasteiger partial charge is 0.484 e. The van der Waals surface area contributed by atoms with Crippen molar-refractivity contribution in [2.75, 3.05) is 31.1 Å². The summed E-state index contributed by atoms with van der Waals surface area (Å²) in [4.78, 5) is 28.5. The van der Waals surface area contributed by atoms with E-state index in [1.165, 1.54) is 23.1 Å². The molecule has 1 fully saturated rings. The highest BCUT2D eigenvalue weighted by Crippen LogP contribution is 2.28. The number of carbonyl (C=O) groups excluding carboxylic acids is 2. The van der Waals surface area contributed by atoms with Gasteiger partial charge in [-0.05, 0) is 30.7 Å². The fourth-order valence-electron chi connectivity index (χ4n) is 3.69. The third-order valence-corrected chi connectivity index (χ3v) is 5.48. The lowest BCUT2D eigenvalue weighted by atomic mass is 10.1. The Balaban J connectivity index is 1.76. The topological polar surface area (TPSA) is 75.9 Å². The fourth-order valence-corrected chi connectivity index (χ4v) is 3.86. The molecule has 2 N–H and O–H groups in total. The Morgan fingerprint density at radius 3 is 2.56 bits per heavy atom. The maximum atomic E-state index is 13.0.